The maximum Gasteiger partial charge on any atom is 0.126 e. The molecule has 0 aromatic heterocycles. The fourth-order valence-corrected chi connectivity index (χ4v) is 1.89. The maximum atomic E-state index is 13.6. The molecule has 102 valence electrons. The third kappa shape index (κ3) is 4.07. The molecule has 0 bridgehead atoms. The summed E-state index contributed by atoms with van der Waals surface area (Å²) in [7, 11) is 4.05. The highest BCUT2D eigenvalue weighted by molar-refractivity contribution is 5.25. The largest absolute Gasteiger partial charge is 0.313 e. The Hall–Kier alpha value is -0.930. The summed E-state index contributed by atoms with van der Waals surface area (Å²) in [5.41, 5.74) is 1.73. The van der Waals surface area contributed by atoms with E-state index in [1.54, 1.807) is 13.0 Å². The molecule has 0 saturated carbocycles. The monoisotopic (exact) mass is 252 g/mol. The van der Waals surface area contributed by atoms with Crippen molar-refractivity contribution in [3.63, 3.8) is 0 Å². The van der Waals surface area contributed by atoms with Crippen LogP contribution in [0.5, 0.6) is 0 Å². The van der Waals surface area contributed by atoms with Crippen LogP contribution in [0, 0.1) is 12.7 Å². The average Bonchev–Trinajstić information content (AvgIpc) is 2.33. The van der Waals surface area contributed by atoms with Gasteiger partial charge in [0.2, 0.25) is 0 Å². The lowest BCUT2D eigenvalue weighted by atomic mass is 10.0. The number of halogens is 1. The molecule has 0 saturated heterocycles. The number of benzene rings is 1. The van der Waals surface area contributed by atoms with E-state index in [2.05, 4.69) is 31.1 Å². The van der Waals surface area contributed by atoms with Crippen LogP contribution in [0.15, 0.2) is 18.2 Å². The van der Waals surface area contributed by atoms with Crippen molar-refractivity contribution in [2.24, 2.45) is 0 Å². The molecule has 0 heterocycles. The van der Waals surface area contributed by atoms with Gasteiger partial charge in [0.05, 0.1) is 0 Å². The van der Waals surface area contributed by atoms with E-state index in [4.69, 9.17) is 0 Å². The fraction of sp³-hybridized carbons (Fsp3) is 0.600. The predicted molar refractivity (Wildman–Crippen MR) is 75.3 cm³/mol. The van der Waals surface area contributed by atoms with E-state index in [1.807, 2.05) is 19.2 Å². The first kappa shape index (κ1) is 15.1. The molecule has 0 aliphatic heterocycles. The Morgan fingerprint density at radius 1 is 1.33 bits per heavy atom. The number of hydrogen-bond donors (Lipinski definition) is 1. The van der Waals surface area contributed by atoms with Gasteiger partial charge in [0.15, 0.2) is 0 Å². The van der Waals surface area contributed by atoms with Gasteiger partial charge in [-0.1, -0.05) is 12.1 Å². The summed E-state index contributed by atoms with van der Waals surface area (Å²) in [4.78, 5) is 2.30. The molecule has 1 atom stereocenters. The summed E-state index contributed by atoms with van der Waals surface area (Å²) in [6.07, 6.45) is 0.980. The molecule has 1 N–H and O–H groups in total. The lowest BCUT2D eigenvalue weighted by Crippen LogP contribution is -2.30. The molecule has 3 heteroatoms. The van der Waals surface area contributed by atoms with Crippen molar-refractivity contribution in [3.8, 4) is 0 Å². The van der Waals surface area contributed by atoms with Crippen molar-refractivity contribution >= 4 is 0 Å². The van der Waals surface area contributed by atoms with Crippen molar-refractivity contribution in [2.45, 2.75) is 39.3 Å². The van der Waals surface area contributed by atoms with Gasteiger partial charge in [0, 0.05) is 12.1 Å². The molecule has 0 aliphatic rings. The van der Waals surface area contributed by atoms with E-state index in [0.717, 1.165) is 18.5 Å². The van der Waals surface area contributed by atoms with Gasteiger partial charge in [0.25, 0.3) is 0 Å². The van der Waals surface area contributed by atoms with E-state index in [9.17, 15) is 4.39 Å². The lowest BCUT2D eigenvalue weighted by Gasteiger charge is -2.24. The van der Waals surface area contributed by atoms with Crippen LogP contribution in [-0.2, 0) is 0 Å². The molecule has 18 heavy (non-hydrogen) atoms. The molecule has 1 aromatic rings. The Morgan fingerprint density at radius 2 is 2.00 bits per heavy atom. The van der Waals surface area contributed by atoms with Crippen LogP contribution in [0.25, 0.3) is 0 Å². The predicted octanol–water partition coefficient (Wildman–Crippen LogP) is 3.12. The Kier molecular flexibility index (Phi) is 5.76. The molecular formula is C15H25FN2. The molecule has 0 amide bonds. The first-order valence-electron chi connectivity index (χ1n) is 6.59. The van der Waals surface area contributed by atoms with Crippen LogP contribution in [0.3, 0.4) is 0 Å². The molecule has 0 aliphatic carbocycles. The summed E-state index contributed by atoms with van der Waals surface area (Å²) < 4.78 is 13.6. The summed E-state index contributed by atoms with van der Waals surface area (Å²) in [6, 6.07) is 6.25. The number of nitrogens with zero attached hydrogens (tertiary/aromatic N) is 1. The minimum Gasteiger partial charge on any atom is -0.313 e. The second-order valence-electron chi connectivity index (χ2n) is 5.21. The van der Waals surface area contributed by atoms with Crippen molar-refractivity contribution in [1.29, 1.82) is 0 Å². The maximum absolute atomic E-state index is 13.6. The smallest absolute Gasteiger partial charge is 0.126 e. The molecule has 0 spiro atoms. The lowest BCUT2D eigenvalue weighted by molar-refractivity contribution is 0.258. The van der Waals surface area contributed by atoms with Crippen LogP contribution in [-0.4, -0.2) is 31.6 Å². The molecule has 1 rings (SSSR count). The highest BCUT2D eigenvalue weighted by Crippen LogP contribution is 2.19. The fourth-order valence-electron chi connectivity index (χ4n) is 1.89. The third-order valence-corrected chi connectivity index (χ3v) is 3.60. The average molecular weight is 252 g/mol. The van der Waals surface area contributed by atoms with E-state index in [0.29, 0.717) is 11.6 Å². The number of nitrogens with one attached hydrogen (secondary N) is 1. The zero-order chi connectivity index (χ0) is 13.7. The molecular weight excluding hydrogens is 227 g/mol. The minimum atomic E-state index is -0.120. The standard InChI is InChI=1S/C15H25FN2/c1-11(2)18(5)9-8-15(17-4)13-7-6-12(3)14(16)10-13/h6-7,10-11,15,17H,8-9H2,1-5H3. The summed E-state index contributed by atoms with van der Waals surface area (Å²) >= 11 is 0. The summed E-state index contributed by atoms with van der Waals surface area (Å²) in [5.74, 6) is -0.120. The quantitative estimate of drug-likeness (QED) is 0.837. The van der Waals surface area contributed by atoms with E-state index >= 15 is 0 Å². The van der Waals surface area contributed by atoms with E-state index < -0.39 is 0 Å². The van der Waals surface area contributed by atoms with Crippen LogP contribution < -0.4 is 5.32 Å². The Labute approximate surface area is 110 Å². The highest BCUT2D eigenvalue weighted by Gasteiger charge is 2.12. The van der Waals surface area contributed by atoms with E-state index in [1.165, 1.54) is 0 Å². The molecule has 1 aromatic carbocycles. The first-order valence-corrected chi connectivity index (χ1v) is 6.59. The van der Waals surface area contributed by atoms with Gasteiger partial charge in [0.1, 0.15) is 5.82 Å². The second kappa shape index (κ2) is 6.86. The topological polar surface area (TPSA) is 15.3 Å². The van der Waals surface area contributed by atoms with Crippen molar-refractivity contribution in [3.05, 3.63) is 35.1 Å². The molecule has 0 fully saturated rings. The minimum absolute atomic E-state index is 0.120. The Balaban J connectivity index is 2.68. The number of aryl methyl sites for hydroxylation is 1. The van der Waals surface area contributed by atoms with Crippen molar-refractivity contribution < 1.29 is 4.39 Å². The molecule has 1 unspecified atom stereocenters. The zero-order valence-corrected chi connectivity index (χ0v) is 12.1. The van der Waals surface area contributed by atoms with Crippen LogP contribution >= 0.6 is 0 Å². The van der Waals surface area contributed by atoms with Gasteiger partial charge in [-0.2, -0.15) is 0 Å². The third-order valence-electron chi connectivity index (χ3n) is 3.60. The van der Waals surface area contributed by atoms with Crippen LogP contribution in [0.1, 0.15) is 37.4 Å². The van der Waals surface area contributed by atoms with Gasteiger partial charge in [-0.3, -0.25) is 0 Å². The summed E-state index contributed by atoms with van der Waals surface area (Å²) in [6.45, 7) is 7.15. The second-order valence-corrected chi connectivity index (χ2v) is 5.21. The van der Waals surface area contributed by atoms with Gasteiger partial charge in [-0.25, -0.2) is 4.39 Å². The van der Waals surface area contributed by atoms with Crippen LogP contribution in [0.4, 0.5) is 4.39 Å². The van der Waals surface area contributed by atoms with Gasteiger partial charge in [-0.05, 0) is 65.0 Å². The normalized spacial score (nSPS) is 13.3. The molecule has 2 nitrogen and oxygen atoms in total. The van der Waals surface area contributed by atoms with Crippen molar-refractivity contribution in [2.75, 3.05) is 20.6 Å². The highest BCUT2D eigenvalue weighted by atomic mass is 19.1. The number of hydrogen-bond acceptors (Lipinski definition) is 2. The SMILES string of the molecule is CNC(CCN(C)C(C)C)c1ccc(C)c(F)c1. The van der Waals surface area contributed by atoms with Gasteiger partial charge in [-0.15, -0.1) is 0 Å². The van der Waals surface area contributed by atoms with E-state index in [-0.39, 0.29) is 11.9 Å². The van der Waals surface area contributed by atoms with Gasteiger partial charge >= 0.3 is 0 Å². The Bertz CT molecular complexity index is 377. The zero-order valence-electron chi connectivity index (χ0n) is 12.1. The summed E-state index contributed by atoms with van der Waals surface area (Å²) in [5, 5.41) is 3.27. The first-order chi connectivity index (χ1) is 8.45. The van der Waals surface area contributed by atoms with Crippen LogP contribution in [0.2, 0.25) is 0 Å². The van der Waals surface area contributed by atoms with Crippen molar-refractivity contribution in [1.82, 2.24) is 10.2 Å². The molecule has 0 radical (unpaired) electrons. The van der Waals surface area contributed by atoms with Gasteiger partial charge < -0.3 is 10.2 Å². The Morgan fingerprint density at radius 3 is 2.50 bits per heavy atom. The number of rotatable bonds is 6.